The lowest BCUT2D eigenvalue weighted by Crippen LogP contribution is -2.29. The quantitative estimate of drug-likeness (QED) is 0.355. The number of methoxy groups -OCH3 is 1. The van der Waals surface area contributed by atoms with E-state index in [0.29, 0.717) is 12.8 Å². The molecule has 126 valence electrons. The van der Waals surface area contributed by atoms with Crippen molar-refractivity contribution >= 4 is 33.8 Å². The van der Waals surface area contributed by atoms with Crippen molar-refractivity contribution < 1.29 is 14.3 Å². The van der Waals surface area contributed by atoms with Crippen LogP contribution >= 0.6 is 21.6 Å². The van der Waals surface area contributed by atoms with Gasteiger partial charge in [0, 0.05) is 37.5 Å². The van der Waals surface area contributed by atoms with E-state index in [9.17, 15) is 9.59 Å². The zero-order valence-corrected chi connectivity index (χ0v) is 15.6. The van der Waals surface area contributed by atoms with Crippen LogP contribution in [0.2, 0.25) is 0 Å². The van der Waals surface area contributed by atoms with Gasteiger partial charge >= 0.3 is 0 Å². The number of hydrogen-bond donors (Lipinski definition) is 1. The number of rotatable bonds is 11. The summed E-state index contributed by atoms with van der Waals surface area (Å²) in [5, 5.41) is 2.68. The number of nitrogens with one attached hydrogen (secondary N) is 1. The molecule has 0 aromatic rings. The molecule has 0 rings (SSSR count). The summed E-state index contributed by atoms with van der Waals surface area (Å²) < 4.78 is 4.94. The van der Waals surface area contributed by atoms with Gasteiger partial charge in [0.05, 0.1) is 6.61 Å². The van der Waals surface area contributed by atoms with Gasteiger partial charge in [-0.05, 0) is 26.2 Å². The second-order valence-corrected chi connectivity index (χ2v) is 7.95. The molecule has 0 atom stereocenters. The van der Waals surface area contributed by atoms with Crippen LogP contribution in [0.3, 0.4) is 0 Å². The first-order chi connectivity index (χ1) is 9.93. The molecule has 0 unspecified atom stereocenters. The lowest BCUT2D eigenvalue weighted by molar-refractivity contribution is -0.123. The van der Waals surface area contributed by atoms with Crippen molar-refractivity contribution in [2.45, 2.75) is 53.0 Å². The van der Waals surface area contributed by atoms with Crippen LogP contribution in [0.15, 0.2) is 0 Å². The molecule has 21 heavy (non-hydrogen) atoms. The van der Waals surface area contributed by atoms with Crippen LogP contribution in [0.5, 0.6) is 0 Å². The highest BCUT2D eigenvalue weighted by molar-refractivity contribution is 8.76. The predicted octanol–water partition coefficient (Wildman–Crippen LogP) is 3.55. The van der Waals surface area contributed by atoms with Crippen molar-refractivity contribution in [2.75, 3.05) is 25.2 Å². The van der Waals surface area contributed by atoms with E-state index in [1.165, 1.54) is 12.2 Å². The van der Waals surface area contributed by atoms with Gasteiger partial charge in [0.1, 0.15) is 6.29 Å². The van der Waals surface area contributed by atoms with Crippen molar-refractivity contribution in [2.24, 2.45) is 5.92 Å². The third kappa shape index (κ3) is 25.1. The maximum absolute atomic E-state index is 10.7. The highest BCUT2D eigenvalue weighted by Crippen LogP contribution is 2.22. The fourth-order valence-electron chi connectivity index (χ4n) is 1.10. The summed E-state index contributed by atoms with van der Waals surface area (Å²) in [6, 6.07) is 0.166. The zero-order chi connectivity index (χ0) is 16.5. The Labute approximate surface area is 137 Å². The molecular weight excluding hydrogens is 306 g/mol. The van der Waals surface area contributed by atoms with Gasteiger partial charge in [-0.2, -0.15) is 0 Å². The topological polar surface area (TPSA) is 55.4 Å². The van der Waals surface area contributed by atoms with E-state index in [-0.39, 0.29) is 11.9 Å². The summed E-state index contributed by atoms with van der Waals surface area (Å²) in [7, 11) is 5.62. The molecule has 0 aromatic carbocycles. The van der Waals surface area contributed by atoms with Crippen molar-refractivity contribution in [1.29, 1.82) is 0 Å². The third-order valence-corrected chi connectivity index (χ3v) is 4.57. The largest absolute Gasteiger partial charge is 0.384 e. The Morgan fingerprint density at radius 1 is 1.19 bits per heavy atom. The number of hydrogen-bond acceptors (Lipinski definition) is 5. The fraction of sp³-hybridized carbons (Fsp3) is 0.867. The van der Waals surface area contributed by atoms with Crippen molar-refractivity contribution in [1.82, 2.24) is 5.32 Å². The second kappa shape index (κ2) is 17.9. The van der Waals surface area contributed by atoms with E-state index in [1.54, 1.807) is 7.11 Å². The number of carbonyl (C=O) groups excluding carboxylic acids is 2. The zero-order valence-electron chi connectivity index (χ0n) is 14.0. The average molecular weight is 338 g/mol. The summed E-state index contributed by atoms with van der Waals surface area (Å²) in [6.45, 7) is 9.18. The van der Waals surface area contributed by atoms with E-state index in [0.717, 1.165) is 24.6 Å². The van der Waals surface area contributed by atoms with Gasteiger partial charge in [-0.25, -0.2) is 0 Å². The molecule has 0 aliphatic heterocycles. The van der Waals surface area contributed by atoms with E-state index in [1.807, 2.05) is 35.4 Å². The molecule has 0 saturated heterocycles. The maximum atomic E-state index is 10.7. The van der Waals surface area contributed by atoms with Gasteiger partial charge < -0.3 is 14.8 Å². The van der Waals surface area contributed by atoms with Crippen LogP contribution in [0, 0.1) is 5.92 Å². The first-order valence-electron chi connectivity index (χ1n) is 7.40. The number of ether oxygens (including phenoxy) is 1. The second-order valence-electron chi connectivity index (χ2n) is 5.25. The maximum Gasteiger partial charge on any atom is 0.220 e. The van der Waals surface area contributed by atoms with Crippen LogP contribution in [-0.2, 0) is 14.3 Å². The molecule has 0 heterocycles. The summed E-state index contributed by atoms with van der Waals surface area (Å²) >= 11 is 0. The van der Waals surface area contributed by atoms with Gasteiger partial charge in [-0.15, -0.1) is 0 Å². The summed E-state index contributed by atoms with van der Waals surface area (Å²) in [6.07, 6.45) is 2.70. The highest BCUT2D eigenvalue weighted by Gasteiger charge is 2.00. The molecule has 4 nitrogen and oxygen atoms in total. The monoisotopic (exact) mass is 337 g/mol. The van der Waals surface area contributed by atoms with Crippen molar-refractivity contribution in [3.63, 3.8) is 0 Å². The molecule has 1 N–H and O–H groups in total. The smallest absolute Gasteiger partial charge is 0.220 e. The Hall–Kier alpha value is -0.200. The third-order valence-electron chi connectivity index (χ3n) is 2.17. The molecule has 0 aliphatic rings. The van der Waals surface area contributed by atoms with E-state index in [4.69, 9.17) is 4.74 Å². The Balaban J connectivity index is 0. The Morgan fingerprint density at radius 3 is 2.29 bits per heavy atom. The SMILES string of the molecule is CC(C)NC(=O)CCC=O.COCCSSCCC(C)C. The summed E-state index contributed by atoms with van der Waals surface area (Å²) in [5.41, 5.74) is 0. The van der Waals surface area contributed by atoms with Crippen LogP contribution in [0.4, 0.5) is 0 Å². The van der Waals surface area contributed by atoms with Gasteiger partial charge in [0.15, 0.2) is 0 Å². The normalized spacial score (nSPS) is 10.2. The minimum Gasteiger partial charge on any atom is -0.384 e. The Morgan fingerprint density at radius 2 is 1.81 bits per heavy atom. The lowest BCUT2D eigenvalue weighted by atomic mass is 10.2. The van der Waals surface area contributed by atoms with Gasteiger partial charge in [-0.3, -0.25) is 4.79 Å². The molecule has 0 aliphatic carbocycles. The van der Waals surface area contributed by atoms with Gasteiger partial charge in [-0.1, -0.05) is 35.4 Å². The minimum absolute atomic E-state index is 0.0536. The van der Waals surface area contributed by atoms with E-state index < -0.39 is 0 Å². The van der Waals surface area contributed by atoms with E-state index >= 15 is 0 Å². The minimum atomic E-state index is -0.0536. The van der Waals surface area contributed by atoms with Crippen LogP contribution < -0.4 is 5.32 Å². The number of carbonyl (C=O) groups is 2. The molecule has 0 fully saturated rings. The van der Waals surface area contributed by atoms with Crippen molar-refractivity contribution in [3.05, 3.63) is 0 Å². The molecular formula is C15H31NO3S2. The molecule has 0 radical (unpaired) electrons. The average Bonchev–Trinajstić information content (AvgIpc) is 2.40. The first kappa shape index (κ1) is 23.1. The standard InChI is InChI=1S/C8H18OS2.C7H13NO2/c1-8(2)4-6-10-11-7-5-9-3;1-6(2)8-7(10)4-3-5-9/h8H,4-7H2,1-3H3;5-6H,3-4H2,1-2H3,(H,8,10). The molecule has 0 aromatic heterocycles. The molecule has 0 bridgehead atoms. The predicted molar refractivity (Wildman–Crippen MR) is 94.8 cm³/mol. The van der Waals surface area contributed by atoms with Crippen LogP contribution in [-0.4, -0.2) is 43.5 Å². The van der Waals surface area contributed by atoms with Crippen LogP contribution in [0.25, 0.3) is 0 Å². The first-order valence-corrected chi connectivity index (χ1v) is 9.89. The number of amides is 1. The van der Waals surface area contributed by atoms with E-state index in [2.05, 4.69) is 19.2 Å². The van der Waals surface area contributed by atoms with Crippen molar-refractivity contribution in [3.8, 4) is 0 Å². The Bertz CT molecular complexity index is 249. The molecule has 6 heteroatoms. The Kier molecular flexibility index (Phi) is 19.6. The molecule has 0 spiro atoms. The summed E-state index contributed by atoms with van der Waals surface area (Å²) in [5.74, 6) is 3.17. The lowest BCUT2D eigenvalue weighted by Gasteiger charge is -2.05. The highest BCUT2D eigenvalue weighted by atomic mass is 33.1. The molecule has 0 saturated carbocycles. The fourth-order valence-corrected chi connectivity index (χ4v) is 3.34. The summed E-state index contributed by atoms with van der Waals surface area (Å²) in [4.78, 5) is 20.6. The molecule has 1 amide bonds. The van der Waals surface area contributed by atoms with Crippen LogP contribution in [0.1, 0.15) is 47.0 Å². The van der Waals surface area contributed by atoms with Gasteiger partial charge in [0.25, 0.3) is 0 Å². The number of aldehydes is 1. The van der Waals surface area contributed by atoms with Gasteiger partial charge in [0.2, 0.25) is 5.91 Å².